The van der Waals surface area contributed by atoms with Crippen molar-refractivity contribution < 1.29 is 32.3 Å². The number of amides is 5. The number of benzene rings is 1. The van der Waals surface area contributed by atoms with Gasteiger partial charge in [0.05, 0.1) is 23.0 Å². The maximum atomic E-state index is 13.9. The highest BCUT2D eigenvalue weighted by Crippen LogP contribution is 2.47. The van der Waals surface area contributed by atoms with Crippen LogP contribution >= 0.6 is 11.8 Å². The van der Waals surface area contributed by atoms with Gasteiger partial charge in [0.2, 0.25) is 15.9 Å². The van der Waals surface area contributed by atoms with Crippen LogP contribution in [0.5, 0.6) is 0 Å². The number of rotatable bonds is 7. The topological polar surface area (TPSA) is 175 Å². The first-order valence-corrected chi connectivity index (χ1v) is 19.7. The van der Waals surface area contributed by atoms with Crippen LogP contribution in [0, 0.1) is 12.8 Å². The van der Waals surface area contributed by atoms with Crippen molar-refractivity contribution in [2.75, 3.05) is 24.2 Å². The molecule has 1 unspecified atom stereocenters. The molecule has 3 heterocycles. The van der Waals surface area contributed by atoms with Crippen molar-refractivity contribution in [3.63, 3.8) is 0 Å². The Hall–Kier alpha value is -3.59. The molecule has 5 amide bonds. The van der Waals surface area contributed by atoms with Gasteiger partial charge in [0.15, 0.2) is 0 Å². The Morgan fingerprint density at radius 2 is 1.98 bits per heavy atom. The summed E-state index contributed by atoms with van der Waals surface area (Å²) in [6.45, 7) is 5.99. The molecule has 4 N–H and O–H groups in total. The van der Waals surface area contributed by atoms with E-state index in [1.54, 1.807) is 18.7 Å². The predicted molar refractivity (Wildman–Crippen MR) is 188 cm³/mol. The zero-order valence-electron chi connectivity index (χ0n) is 28.3. The quantitative estimate of drug-likeness (QED) is 0.307. The number of allylic oxidation sites excluding steroid dienone is 1. The minimum absolute atomic E-state index is 0.00264. The molecule has 15 heteroatoms. The van der Waals surface area contributed by atoms with Crippen molar-refractivity contribution in [3.8, 4) is 0 Å². The number of sulfonamides is 1. The third kappa shape index (κ3) is 7.62. The second-order valence-electron chi connectivity index (χ2n) is 14.1. The van der Waals surface area contributed by atoms with Crippen molar-refractivity contribution in [1.82, 2.24) is 20.3 Å². The fraction of sp³-hybridized carbons (Fsp3) is 0.618. The van der Waals surface area contributed by atoms with Crippen LogP contribution in [-0.2, 0) is 24.3 Å². The fourth-order valence-corrected chi connectivity index (χ4v) is 9.08. The van der Waals surface area contributed by atoms with Crippen LogP contribution in [0.15, 0.2) is 35.3 Å². The average molecular weight is 715 g/mol. The largest absolute Gasteiger partial charge is 0.444 e. The lowest BCUT2D eigenvalue weighted by Gasteiger charge is -2.27. The van der Waals surface area contributed by atoms with Crippen LogP contribution in [0.1, 0.15) is 82.8 Å². The van der Waals surface area contributed by atoms with Crippen LogP contribution in [0.2, 0.25) is 0 Å². The monoisotopic (exact) mass is 714 g/mol. The lowest BCUT2D eigenvalue weighted by Crippen LogP contribution is -2.57. The maximum Gasteiger partial charge on any atom is 0.411 e. The van der Waals surface area contributed by atoms with Gasteiger partial charge in [0.1, 0.15) is 22.7 Å². The third-order valence-corrected chi connectivity index (χ3v) is 13.5. The first-order valence-electron chi connectivity index (χ1n) is 17.2. The Kier molecular flexibility index (Phi) is 10.0. The molecule has 49 heavy (non-hydrogen) atoms. The molecule has 3 aliphatic heterocycles. The SMILES string of the molecule is CCC1CSC(c2ccc(C)cc2NC(=O)O[C@@H]2C[C@H]3C(=O)N[C@]4(C(=O)NS(=O)(=O)C5(C)CC5)C[C@H]4/C=C\CCCCCNC(=O)N3C2)=N1. The lowest BCUT2D eigenvalue weighted by molar-refractivity contribution is -0.131. The number of hydrogen-bond acceptors (Lipinski definition) is 9. The molecular formula is C34H46N6O7S2. The molecule has 0 aromatic heterocycles. The number of nitrogens with one attached hydrogen (secondary N) is 4. The van der Waals surface area contributed by atoms with E-state index in [4.69, 9.17) is 9.73 Å². The highest BCUT2D eigenvalue weighted by molar-refractivity contribution is 8.14. The van der Waals surface area contributed by atoms with Gasteiger partial charge in [0, 0.05) is 30.2 Å². The first kappa shape index (κ1) is 35.2. The summed E-state index contributed by atoms with van der Waals surface area (Å²) in [5.74, 6) is -0.912. The summed E-state index contributed by atoms with van der Waals surface area (Å²) in [6, 6.07) is 4.44. The van der Waals surface area contributed by atoms with Crippen LogP contribution in [-0.4, -0.2) is 89.6 Å². The van der Waals surface area contributed by atoms with E-state index in [0.29, 0.717) is 25.1 Å². The van der Waals surface area contributed by atoms with Gasteiger partial charge in [-0.05, 0) is 76.5 Å². The molecule has 266 valence electrons. The van der Waals surface area contributed by atoms with Crippen molar-refractivity contribution in [3.05, 3.63) is 41.5 Å². The van der Waals surface area contributed by atoms with Gasteiger partial charge in [-0.3, -0.25) is 24.6 Å². The number of fused-ring (bicyclic) bond motifs is 2. The molecule has 13 nitrogen and oxygen atoms in total. The molecule has 3 fully saturated rings. The summed E-state index contributed by atoms with van der Waals surface area (Å²) in [5.41, 5.74) is 0.840. The minimum atomic E-state index is -3.94. The molecule has 0 spiro atoms. The number of carbonyl (C=O) groups excluding carboxylic acids is 4. The average Bonchev–Trinajstić information content (AvgIpc) is 3.83. The highest BCUT2D eigenvalue weighted by Gasteiger charge is 2.63. The van der Waals surface area contributed by atoms with E-state index in [9.17, 15) is 27.6 Å². The van der Waals surface area contributed by atoms with Gasteiger partial charge in [-0.2, -0.15) is 0 Å². The molecule has 0 bridgehead atoms. The molecule has 1 aromatic rings. The summed E-state index contributed by atoms with van der Waals surface area (Å²) < 4.78 is 33.0. The molecule has 6 rings (SSSR count). The first-order chi connectivity index (χ1) is 23.3. The number of aryl methyl sites for hydroxylation is 1. The minimum Gasteiger partial charge on any atom is -0.444 e. The van der Waals surface area contributed by atoms with E-state index >= 15 is 0 Å². The van der Waals surface area contributed by atoms with Crippen LogP contribution in [0.3, 0.4) is 0 Å². The highest BCUT2D eigenvalue weighted by atomic mass is 32.2. The van der Waals surface area contributed by atoms with Gasteiger partial charge in [-0.15, -0.1) is 11.8 Å². The number of nitrogens with zero attached hydrogens (tertiary/aromatic N) is 2. The predicted octanol–water partition coefficient (Wildman–Crippen LogP) is 3.97. The van der Waals surface area contributed by atoms with Crippen molar-refractivity contribution in [1.29, 1.82) is 0 Å². The Labute approximate surface area is 291 Å². The number of ether oxygens (including phenoxy) is 1. The second-order valence-corrected chi connectivity index (χ2v) is 17.3. The maximum absolute atomic E-state index is 13.9. The number of carbonyl (C=O) groups is 4. The molecule has 0 radical (unpaired) electrons. The number of urea groups is 1. The fourth-order valence-electron chi connectivity index (χ4n) is 6.55. The molecule has 2 aliphatic carbocycles. The molecule has 1 saturated heterocycles. The van der Waals surface area contributed by atoms with Crippen LogP contribution in [0.4, 0.5) is 15.3 Å². The van der Waals surface area contributed by atoms with E-state index in [-0.39, 0.29) is 25.4 Å². The Bertz CT molecular complexity index is 1680. The van der Waals surface area contributed by atoms with Gasteiger partial charge >= 0.3 is 12.1 Å². The summed E-state index contributed by atoms with van der Waals surface area (Å²) >= 11 is 1.64. The summed E-state index contributed by atoms with van der Waals surface area (Å²) in [4.78, 5) is 60.3. The zero-order chi connectivity index (χ0) is 35.0. The van der Waals surface area contributed by atoms with E-state index in [1.807, 2.05) is 37.3 Å². The van der Waals surface area contributed by atoms with Gasteiger partial charge < -0.3 is 20.3 Å². The summed E-state index contributed by atoms with van der Waals surface area (Å²) in [5, 5.41) is 9.42. The van der Waals surface area contributed by atoms with E-state index in [1.165, 1.54) is 4.90 Å². The number of aliphatic imine (C=N–C) groups is 1. The van der Waals surface area contributed by atoms with E-state index in [2.05, 4.69) is 27.6 Å². The van der Waals surface area contributed by atoms with Gasteiger partial charge in [0.25, 0.3) is 5.91 Å². The van der Waals surface area contributed by atoms with E-state index < -0.39 is 62.3 Å². The third-order valence-electron chi connectivity index (χ3n) is 10.2. The number of hydrogen-bond donors (Lipinski definition) is 4. The summed E-state index contributed by atoms with van der Waals surface area (Å²) in [6.07, 6.45) is 7.63. The van der Waals surface area contributed by atoms with Gasteiger partial charge in [-0.1, -0.05) is 31.6 Å². The van der Waals surface area contributed by atoms with Gasteiger partial charge in [-0.25, -0.2) is 18.0 Å². The van der Waals surface area contributed by atoms with Crippen molar-refractivity contribution in [2.45, 2.75) is 107 Å². The molecule has 2 saturated carbocycles. The van der Waals surface area contributed by atoms with Crippen molar-refractivity contribution in [2.24, 2.45) is 10.9 Å². The van der Waals surface area contributed by atoms with Crippen LogP contribution in [0.25, 0.3) is 0 Å². The van der Waals surface area contributed by atoms with Crippen molar-refractivity contribution >= 4 is 56.5 Å². The smallest absolute Gasteiger partial charge is 0.411 e. The molecule has 1 aromatic carbocycles. The Morgan fingerprint density at radius 3 is 2.71 bits per heavy atom. The standard InChI is InChI=1S/C34H46N6O7S2/c1-4-23-20-48-29(36-23)25-12-11-21(2)16-26(25)37-32(44)47-24-17-27-28(41)38-34(30(42)39-49(45,46)33(3)13-14-33)18-22(34)10-8-6-5-7-9-15-35-31(43)40(27)19-24/h8,10-12,16,22-24,27H,4-7,9,13-15,17-20H2,1-3H3,(H,35,43)(H,37,44)(H,38,41)(H,39,42)/b10-8-/t22-,23?,24-,27+,34-/m1/s1. The second kappa shape index (κ2) is 14.0. The molecule has 5 aliphatic rings. The number of thioether (sulfide) groups is 1. The number of anilines is 1. The molecule has 5 atom stereocenters. The molecular weight excluding hydrogens is 669 g/mol. The van der Waals surface area contributed by atoms with Crippen LogP contribution < -0.4 is 20.7 Å². The Morgan fingerprint density at radius 1 is 1.18 bits per heavy atom. The normalized spacial score (nSPS) is 30.3. The Balaban J connectivity index is 1.19. The summed E-state index contributed by atoms with van der Waals surface area (Å²) in [7, 11) is -3.94. The zero-order valence-corrected chi connectivity index (χ0v) is 29.9. The van der Waals surface area contributed by atoms with E-state index in [0.717, 1.165) is 54.0 Å². The lowest BCUT2D eigenvalue weighted by atomic mass is 10.1.